The van der Waals surface area contributed by atoms with Crippen molar-refractivity contribution in [2.75, 3.05) is 0 Å². The summed E-state index contributed by atoms with van der Waals surface area (Å²) >= 11 is 0. The second-order valence-electron chi connectivity index (χ2n) is 4.08. The van der Waals surface area contributed by atoms with Crippen molar-refractivity contribution in [1.29, 1.82) is 0 Å². The third-order valence-electron chi connectivity index (χ3n) is 2.42. The van der Waals surface area contributed by atoms with Gasteiger partial charge in [0.15, 0.2) is 5.60 Å². The van der Waals surface area contributed by atoms with Crippen LogP contribution in [0.4, 0.5) is 0 Å². The molecule has 0 aromatic carbocycles. The lowest BCUT2D eigenvalue weighted by Crippen LogP contribution is -2.35. The topological polar surface area (TPSA) is 26.3 Å². The molecule has 1 unspecified atom stereocenters. The number of esters is 1. The van der Waals surface area contributed by atoms with Crippen LogP contribution in [0.1, 0.15) is 34.1 Å². The molecule has 0 aliphatic rings. The molecule has 0 rings (SSSR count). The van der Waals surface area contributed by atoms with Crippen LogP contribution in [0.2, 0.25) is 0 Å². The van der Waals surface area contributed by atoms with Gasteiger partial charge in [0.2, 0.25) is 0 Å². The Morgan fingerprint density at radius 3 is 2.36 bits per heavy atom. The Morgan fingerprint density at radius 1 is 1.57 bits per heavy atom. The highest BCUT2D eigenvalue weighted by molar-refractivity contribution is 5.76. The monoisotopic (exact) mass is 194 g/mol. The zero-order valence-corrected chi connectivity index (χ0v) is 9.39. The van der Waals surface area contributed by atoms with Crippen molar-refractivity contribution in [2.45, 2.75) is 39.7 Å². The van der Waals surface area contributed by atoms with Gasteiger partial charge in [0.1, 0.15) is 0 Å². The zero-order chi connectivity index (χ0) is 11.4. The number of carbonyl (C=O) groups excluding carboxylic acids is 1. The Labute approximate surface area is 86.3 Å². The molecule has 2 nitrogen and oxygen atoms in total. The second-order valence-corrected chi connectivity index (χ2v) is 4.08. The van der Waals surface area contributed by atoms with Crippen molar-refractivity contribution < 1.29 is 9.53 Å². The lowest BCUT2D eigenvalue weighted by Gasteiger charge is -2.27. The van der Waals surface area contributed by atoms with E-state index in [2.05, 4.69) is 12.5 Å². The summed E-state index contributed by atoms with van der Waals surface area (Å²) in [6, 6.07) is 0. The summed E-state index contributed by atoms with van der Waals surface area (Å²) in [6.45, 7) is 10.8. The first-order valence-corrected chi connectivity index (χ1v) is 4.66. The highest BCUT2D eigenvalue weighted by atomic mass is 16.6. The molecule has 1 atom stereocenters. The van der Waals surface area contributed by atoms with Gasteiger partial charge < -0.3 is 4.74 Å². The molecule has 0 amide bonds. The van der Waals surface area contributed by atoms with Gasteiger partial charge in [-0.05, 0) is 33.3 Å². The van der Waals surface area contributed by atoms with E-state index in [1.807, 2.05) is 20.8 Å². The van der Waals surface area contributed by atoms with Crippen LogP contribution < -0.4 is 0 Å². The fraction of sp³-hybridized carbons (Fsp3) is 0.583. The van der Waals surface area contributed by atoms with E-state index >= 15 is 0 Å². The molecular weight excluding hydrogens is 176 g/mol. The summed E-state index contributed by atoms with van der Waals surface area (Å²) in [5.74, 6) is 2.10. The maximum atomic E-state index is 11.7. The van der Waals surface area contributed by atoms with Gasteiger partial charge in [-0.15, -0.1) is 6.42 Å². The van der Waals surface area contributed by atoms with Crippen LogP contribution in [0.15, 0.2) is 12.7 Å². The molecule has 0 aromatic rings. The molecule has 0 bridgehead atoms. The van der Waals surface area contributed by atoms with Gasteiger partial charge in [-0.3, -0.25) is 4.79 Å². The van der Waals surface area contributed by atoms with Crippen LogP contribution in [0.5, 0.6) is 0 Å². The van der Waals surface area contributed by atoms with Crippen LogP contribution in [0.25, 0.3) is 0 Å². The second kappa shape index (κ2) is 4.32. The zero-order valence-electron chi connectivity index (χ0n) is 9.39. The standard InChI is InChI=1S/C12H18O2/c1-7-11(4,5)10(13)14-12(6,8-2)9-3/h2,9H,3,7H2,1,4-6H3. The van der Waals surface area contributed by atoms with E-state index in [0.717, 1.165) is 0 Å². The molecule has 0 N–H and O–H groups in total. The van der Waals surface area contributed by atoms with E-state index in [-0.39, 0.29) is 5.97 Å². The first-order valence-electron chi connectivity index (χ1n) is 4.66. The van der Waals surface area contributed by atoms with Crippen molar-refractivity contribution in [1.82, 2.24) is 0 Å². The Kier molecular flexibility index (Phi) is 3.94. The average molecular weight is 194 g/mol. The van der Waals surface area contributed by atoms with E-state index in [0.29, 0.717) is 6.42 Å². The predicted molar refractivity (Wildman–Crippen MR) is 57.6 cm³/mol. The normalized spacial score (nSPS) is 15.1. The summed E-state index contributed by atoms with van der Waals surface area (Å²) in [5, 5.41) is 0. The van der Waals surface area contributed by atoms with Gasteiger partial charge in [-0.1, -0.05) is 19.4 Å². The van der Waals surface area contributed by atoms with Crippen LogP contribution in [-0.4, -0.2) is 11.6 Å². The molecule has 0 aliphatic heterocycles. The minimum Gasteiger partial charge on any atom is -0.442 e. The fourth-order valence-electron chi connectivity index (χ4n) is 0.605. The maximum Gasteiger partial charge on any atom is 0.313 e. The number of hydrogen-bond donors (Lipinski definition) is 0. The Balaban J connectivity index is 4.64. The highest BCUT2D eigenvalue weighted by Gasteiger charge is 2.32. The highest BCUT2D eigenvalue weighted by Crippen LogP contribution is 2.25. The molecule has 0 saturated heterocycles. The van der Waals surface area contributed by atoms with Crippen molar-refractivity contribution in [3.05, 3.63) is 12.7 Å². The lowest BCUT2D eigenvalue weighted by molar-refractivity contribution is -0.160. The molecule has 0 aliphatic carbocycles. The minimum absolute atomic E-state index is 0.291. The summed E-state index contributed by atoms with van der Waals surface area (Å²) < 4.78 is 5.20. The van der Waals surface area contributed by atoms with Gasteiger partial charge in [-0.25, -0.2) is 0 Å². The summed E-state index contributed by atoms with van der Waals surface area (Å²) in [4.78, 5) is 11.7. The molecule has 2 heteroatoms. The van der Waals surface area contributed by atoms with Crippen molar-refractivity contribution in [3.63, 3.8) is 0 Å². The summed E-state index contributed by atoms with van der Waals surface area (Å²) in [6.07, 6.45) is 7.42. The third-order valence-corrected chi connectivity index (χ3v) is 2.42. The maximum absolute atomic E-state index is 11.7. The molecule has 0 fully saturated rings. The summed E-state index contributed by atoms with van der Waals surface area (Å²) in [7, 11) is 0. The average Bonchev–Trinajstić information content (AvgIpc) is 2.17. The lowest BCUT2D eigenvalue weighted by atomic mass is 9.90. The first kappa shape index (κ1) is 12.8. The van der Waals surface area contributed by atoms with Crippen LogP contribution in [-0.2, 0) is 9.53 Å². The van der Waals surface area contributed by atoms with E-state index in [1.165, 1.54) is 6.08 Å². The van der Waals surface area contributed by atoms with Crippen molar-refractivity contribution in [3.8, 4) is 12.3 Å². The SMILES string of the molecule is C#CC(C)(C=C)OC(=O)C(C)(C)CC. The Morgan fingerprint density at radius 2 is 2.07 bits per heavy atom. The van der Waals surface area contributed by atoms with E-state index in [4.69, 9.17) is 11.2 Å². The molecule has 14 heavy (non-hydrogen) atoms. The minimum atomic E-state index is -0.997. The number of rotatable bonds is 4. The smallest absolute Gasteiger partial charge is 0.313 e. The number of terminal acetylenes is 1. The van der Waals surface area contributed by atoms with E-state index in [1.54, 1.807) is 6.92 Å². The molecule has 0 heterocycles. The molecule has 0 saturated carbocycles. The number of ether oxygens (including phenoxy) is 1. The molecule has 0 radical (unpaired) electrons. The molecular formula is C12H18O2. The largest absolute Gasteiger partial charge is 0.442 e. The number of carbonyl (C=O) groups is 1. The van der Waals surface area contributed by atoms with Crippen LogP contribution in [0.3, 0.4) is 0 Å². The Hall–Kier alpha value is -1.23. The molecule has 78 valence electrons. The fourth-order valence-corrected chi connectivity index (χ4v) is 0.605. The van der Waals surface area contributed by atoms with E-state index in [9.17, 15) is 4.79 Å². The molecule has 0 aromatic heterocycles. The van der Waals surface area contributed by atoms with Crippen LogP contribution in [0, 0.1) is 17.8 Å². The third kappa shape index (κ3) is 2.92. The van der Waals surface area contributed by atoms with Crippen LogP contribution >= 0.6 is 0 Å². The van der Waals surface area contributed by atoms with Gasteiger partial charge in [0, 0.05) is 0 Å². The van der Waals surface area contributed by atoms with Crippen molar-refractivity contribution >= 4 is 5.97 Å². The van der Waals surface area contributed by atoms with Gasteiger partial charge in [-0.2, -0.15) is 0 Å². The Bertz CT molecular complexity index is 271. The van der Waals surface area contributed by atoms with Gasteiger partial charge in [0.05, 0.1) is 5.41 Å². The van der Waals surface area contributed by atoms with Gasteiger partial charge in [0.25, 0.3) is 0 Å². The predicted octanol–water partition coefficient (Wildman–Crippen LogP) is 2.54. The van der Waals surface area contributed by atoms with Crippen molar-refractivity contribution in [2.24, 2.45) is 5.41 Å². The van der Waals surface area contributed by atoms with Gasteiger partial charge >= 0.3 is 5.97 Å². The first-order chi connectivity index (χ1) is 6.31. The quantitative estimate of drug-likeness (QED) is 0.390. The molecule has 0 spiro atoms. The summed E-state index contributed by atoms with van der Waals surface area (Å²) in [5.41, 5.74) is -1.50. The number of hydrogen-bond acceptors (Lipinski definition) is 2. The van der Waals surface area contributed by atoms with E-state index < -0.39 is 11.0 Å².